The Balaban J connectivity index is 1.70. The van der Waals surface area contributed by atoms with E-state index in [0.29, 0.717) is 18.8 Å². The highest BCUT2D eigenvalue weighted by Gasteiger charge is 2.26. The Hall–Kier alpha value is -2.44. The zero-order chi connectivity index (χ0) is 18.0. The van der Waals surface area contributed by atoms with Crippen molar-refractivity contribution < 1.29 is 13.6 Å². The quantitative estimate of drug-likeness (QED) is 0.920. The van der Waals surface area contributed by atoms with Gasteiger partial charge in [-0.25, -0.2) is 13.6 Å². The molecule has 7 heteroatoms. The average Bonchev–Trinajstić information content (AvgIpc) is 2.97. The van der Waals surface area contributed by atoms with E-state index >= 15 is 0 Å². The number of likely N-dealkylation sites (tertiary alicyclic amines) is 1. The number of benzene rings is 1. The van der Waals surface area contributed by atoms with Crippen LogP contribution in [0.5, 0.6) is 0 Å². The van der Waals surface area contributed by atoms with E-state index in [1.807, 2.05) is 14.0 Å². The first-order valence-electron chi connectivity index (χ1n) is 8.51. The van der Waals surface area contributed by atoms with Gasteiger partial charge < -0.3 is 10.2 Å². The normalized spacial score (nSPS) is 17.6. The number of piperidine rings is 1. The number of carbonyl (C=O) groups is 1. The number of nitrogens with zero attached hydrogens (tertiary/aromatic N) is 3. The molecule has 1 aromatic heterocycles. The lowest BCUT2D eigenvalue weighted by molar-refractivity contribution is 0.192. The molecule has 0 aliphatic carbocycles. The van der Waals surface area contributed by atoms with Crippen molar-refractivity contribution in [1.29, 1.82) is 0 Å². The van der Waals surface area contributed by atoms with Gasteiger partial charge >= 0.3 is 6.03 Å². The van der Waals surface area contributed by atoms with E-state index in [-0.39, 0.29) is 11.9 Å². The summed E-state index contributed by atoms with van der Waals surface area (Å²) in [7, 11) is 1.81. The van der Waals surface area contributed by atoms with Crippen LogP contribution >= 0.6 is 0 Å². The van der Waals surface area contributed by atoms with Crippen molar-refractivity contribution in [1.82, 2.24) is 14.7 Å². The maximum Gasteiger partial charge on any atom is 0.321 e. The molecule has 25 heavy (non-hydrogen) atoms. The van der Waals surface area contributed by atoms with Gasteiger partial charge in [0.05, 0.1) is 11.4 Å². The smallest absolute Gasteiger partial charge is 0.321 e. The fourth-order valence-corrected chi connectivity index (χ4v) is 3.29. The molecule has 1 aromatic carbocycles. The van der Waals surface area contributed by atoms with Crippen molar-refractivity contribution in [3.63, 3.8) is 0 Å². The van der Waals surface area contributed by atoms with Crippen LogP contribution in [-0.4, -0.2) is 33.8 Å². The third-order valence-electron chi connectivity index (χ3n) is 4.61. The summed E-state index contributed by atoms with van der Waals surface area (Å²) >= 11 is 0. The fraction of sp³-hybridized carbons (Fsp3) is 0.444. The lowest BCUT2D eigenvalue weighted by Gasteiger charge is -2.33. The fourth-order valence-electron chi connectivity index (χ4n) is 3.29. The summed E-state index contributed by atoms with van der Waals surface area (Å²) in [5.41, 5.74) is 2.28. The van der Waals surface area contributed by atoms with E-state index in [9.17, 15) is 13.6 Å². The Bertz CT molecular complexity index is 774. The molecule has 1 aliphatic rings. The molecule has 1 unspecified atom stereocenters. The second-order valence-electron chi connectivity index (χ2n) is 6.41. The zero-order valence-electron chi connectivity index (χ0n) is 14.4. The highest BCUT2D eigenvalue weighted by atomic mass is 19.2. The number of hydrogen-bond acceptors (Lipinski definition) is 2. The highest BCUT2D eigenvalue weighted by molar-refractivity contribution is 5.89. The van der Waals surface area contributed by atoms with Gasteiger partial charge in [0.1, 0.15) is 0 Å². The third kappa shape index (κ3) is 3.81. The molecular formula is C18H22F2N4O. The lowest BCUT2D eigenvalue weighted by Crippen LogP contribution is -2.41. The molecule has 0 spiro atoms. The first kappa shape index (κ1) is 17.4. The number of rotatable bonds is 3. The third-order valence-corrected chi connectivity index (χ3v) is 4.61. The molecule has 2 amide bonds. The van der Waals surface area contributed by atoms with Crippen molar-refractivity contribution in [3.8, 4) is 0 Å². The number of aromatic nitrogens is 2. The minimum absolute atomic E-state index is 0.00847. The Labute approximate surface area is 145 Å². The van der Waals surface area contributed by atoms with Crippen LogP contribution < -0.4 is 5.32 Å². The molecule has 1 saturated heterocycles. The summed E-state index contributed by atoms with van der Waals surface area (Å²) in [5, 5.41) is 7.23. The molecule has 1 atom stereocenters. The number of nitrogens with one attached hydrogen (secondary N) is 1. The van der Waals surface area contributed by atoms with E-state index < -0.39 is 11.6 Å². The van der Waals surface area contributed by atoms with E-state index in [0.717, 1.165) is 36.6 Å². The first-order valence-corrected chi connectivity index (χ1v) is 8.51. The molecule has 1 aliphatic heterocycles. The van der Waals surface area contributed by atoms with Crippen LogP contribution in [0.1, 0.15) is 36.9 Å². The van der Waals surface area contributed by atoms with Crippen molar-refractivity contribution in [3.05, 3.63) is 47.3 Å². The molecule has 1 N–H and O–H groups in total. The maximum absolute atomic E-state index is 13.5. The van der Waals surface area contributed by atoms with Crippen LogP contribution in [0.4, 0.5) is 19.3 Å². The maximum atomic E-state index is 13.5. The summed E-state index contributed by atoms with van der Waals surface area (Å²) in [5.74, 6) is -1.69. The van der Waals surface area contributed by atoms with Crippen LogP contribution in [0, 0.1) is 11.6 Å². The molecule has 2 aromatic rings. The van der Waals surface area contributed by atoms with Gasteiger partial charge in [0.15, 0.2) is 11.6 Å². The van der Waals surface area contributed by atoms with Gasteiger partial charge in [-0.15, -0.1) is 0 Å². The van der Waals surface area contributed by atoms with Crippen LogP contribution in [0.25, 0.3) is 0 Å². The molecule has 5 nitrogen and oxygen atoms in total. The Morgan fingerprint density at radius 2 is 2.16 bits per heavy atom. The molecule has 3 rings (SSSR count). The van der Waals surface area contributed by atoms with Gasteiger partial charge in [-0.05, 0) is 37.0 Å². The highest BCUT2D eigenvalue weighted by Crippen LogP contribution is 2.28. The Kier molecular flexibility index (Phi) is 5.01. The molecule has 2 heterocycles. The average molecular weight is 348 g/mol. The van der Waals surface area contributed by atoms with Crippen LogP contribution in [0.15, 0.2) is 24.4 Å². The Morgan fingerprint density at radius 1 is 1.36 bits per heavy atom. The largest absolute Gasteiger partial charge is 0.324 e. The topological polar surface area (TPSA) is 50.2 Å². The summed E-state index contributed by atoms with van der Waals surface area (Å²) < 4.78 is 28.3. The van der Waals surface area contributed by atoms with Crippen LogP contribution in [0.2, 0.25) is 0 Å². The van der Waals surface area contributed by atoms with Gasteiger partial charge in [0.2, 0.25) is 0 Å². The van der Waals surface area contributed by atoms with Crippen molar-refractivity contribution in [2.45, 2.75) is 32.1 Å². The van der Waals surface area contributed by atoms with E-state index in [2.05, 4.69) is 10.4 Å². The molecule has 134 valence electrons. The predicted molar refractivity (Wildman–Crippen MR) is 91.5 cm³/mol. The molecule has 0 radical (unpaired) electrons. The van der Waals surface area contributed by atoms with Crippen molar-refractivity contribution in [2.75, 3.05) is 18.4 Å². The van der Waals surface area contributed by atoms with Gasteiger partial charge in [-0.3, -0.25) is 4.68 Å². The summed E-state index contributed by atoms with van der Waals surface area (Å²) in [6, 6.07) is 3.79. The number of urea groups is 1. The molecule has 1 fully saturated rings. The predicted octanol–water partition coefficient (Wildman–Crippen LogP) is 3.67. The minimum atomic E-state index is -0.849. The number of hydrogen-bond donors (Lipinski definition) is 1. The summed E-state index contributed by atoms with van der Waals surface area (Å²) in [6.07, 6.45) is 4.19. The SMILES string of the molecule is CCc1nn(C)cc1NC(=O)N1CCCC(c2ccc(F)c(F)c2)C1. The van der Waals surface area contributed by atoms with E-state index in [4.69, 9.17) is 0 Å². The minimum Gasteiger partial charge on any atom is -0.324 e. The van der Waals surface area contributed by atoms with Crippen molar-refractivity contribution in [2.24, 2.45) is 7.05 Å². The van der Waals surface area contributed by atoms with E-state index in [1.54, 1.807) is 21.8 Å². The van der Waals surface area contributed by atoms with Gasteiger partial charge in [-0.1, -0.05) is 13.0 Å². The molecular weight excluding hydrogens is 326 g/mol. The lowest BCUT2D eigenvalue weighted by atomic mass is 9.90. The zero-order valence-corrected chi connectivity index (χ0v) is 14.4. The monoisotopic (exact) mass is 348 g/mol. The van der Waals surface area contributed by atoms with Crippen molar-refractivity contribution >= 4 is 11.7 Å². The number of amides is 2. The van der Waals surface area contributed by atoms with Gasteiger partial charge in [0, 0.05) is 32.3 Å². The molecule has 0 saturated carbocycles. The standard InChI is InChI=1S/C18H22F2N4O/c1-3-16-17(11-23(2)22-16)21-18(25)24-8-4-5-13(10-24)12-6-7-14(19)15(20)9-12/h6-7,9,11,13H,3-5,8,10H2,1-2H3,(H,21,25). The van der Waals surface area contributed by atoms with Gasteiger partial charge in [0.25, 0.3) is 0 Å². The number of halogens is 2. The first-order chi connectivity index (χ1) is 12.0. The van der Waals surface area contributed by atoms with Crippen LogP contribution in [0.3, 0.4) is 0 Å². The number of aryl methyl sites for hydroxylation is 2. The second-order valence-corrected chi connectivity index (χ2v) is 6.41. The summed E-state index contributed by atoms with van der Waals surface area (Å²) in [6.45, 7) is 3.12. The van der Waals surface area contributed by atoms with Gasteiger partial charge in [-0.2, -0.15) is 5.10 Å². The number of anilines is 1. The molecule has 0 bridgehead atoms. The van der Waals surface area contributed by atoms with E-state index in [1.165, 1.54) is 6.07 Å². The summed E-state index contributed by atoms with van der Waals surface area (Å²) in [4.78, 5) is 14.3. The Morgan fingerprint density at radius 3 is 2.88 bits per heavy atom. The second kappa shape index (κ2) is 7.21. The van der Waals surface area contributed by atoms with Crippen LogP contribution in [-0.2, 0) is 13.5 Å². The number of carbonyl (C=O) groups excluding carboxylic acids is 1.